The molecule has 2 atom stereocenters. The largest absolute Gasteiger partial charge is 0.461 e. The molecule has 0 aliphatic heterocycles. The first kappa shape index (κ1) is 18.6. The van der Waals surface area contributed by atoms with E-state index in [4.69, 9.17) is 4.74 Å². The van der Waals surface area contributed by atoms with Crippen molar-refractivity contribution in [2.24, 2.45) is 5.92 Å². The van der Waals surface area contributed by atoms with Gasteiger partial charge in [-0.3, -0.25) is 4.79 Å². The molecular weight excluding hydrogens is 304 g/mol. The van der Waals surface area contributed by atoms with Crippen LogP contribution in [-0.4, -0.2) is 29.1 Å². The third-order valence-electron chi connectivity index (χ3n) is 5.21. The maximum atomic E-state index is 12.9. The van der Waals surface area contributed by atoms with E-state index in [0.717, 1.165) is 25.0 Å². The topological polar surface area (TPSA) is 60.3 Å². The molecule has 1 aromatic heterocycles. The molecule has 0 spiro atoms. The van der Waals surface area contributed by atoms with Crippen molar-refractivity contribution in [2.75, 3.05) is 6.61 Å². The van der Waals surface area contributed by atoms with Gasteiger partial charge in [0.2, 0.25) is 0 Å². The summed E-state index contributed by atoms with van der Waals surface area (Å²) in [6, 6.07) is 0.223. The van der Waals surface area contributed by atoms with Crippen LogP contribution in [0, 0.1) is 19.8 Å². The number of carbonyl (C=O) groups is 2. The fraction of sp³-hybridized carbons (Fsp3) is 0.684. The van der Waals surface area contributed by atoms with Gasteiger partial charge in [-0.2, -0.15) is 0 Å². The first-order valence-corrected chi connectivity index (χ1v) is 9.09. The molecule has 134 valence electrons. The van der Waals surface area contributed by atoms with E-state index in [1.165, 1.54) is 6.42 Å². The lowest BCUT2D eigenvalue weighted by Gasteiger charge is -2.29. The number of rotatable bonds is 5. The Morgan fingerprint density at radius 1 is 1.21 bits per heavy atom. The molecule has 5 heteroatoms. The minimum Gasteiger partial charge on any atom is -0.461 e. The predicted octanol–water partition coefficient (Wildman–Crippen LogP) is 3.61. The maximum Gasteiger partial charge on any atom is 0.355 e. The molecule has 1 amide bonds. The van der Waals surface area contributed by atoms with E-state index in [-0.39, 0.29) is 17.9 Å². The average molecular weight is 334 g/mol. The first-order valence-electron chi connectivity index (χ1n) is 9.09. The highest BCUT2D eigenvalue weighted by Crippen LogP contribution is 2.26. The molecular formula is C19H30N2O3. The molecule has 0 unspecified atom stereocenters. The second-order valence-electron chi connectivity index (χ2n) is 6.74. The summed E-state index contributed by atoms with van der Waals surface area (Å²) in [6.45, 7) is 10.7. The van der Waals surface area contributed by atoms with Crippen LogP contribution < -0.4 is 5.32 Å². The number of amides is 1. The van der Waals surface area contributed by atoms with Gasteiger partial charge in [0.25, 0.3) is 5.91 Å². The van der Waals surface area contributed by atoms with E-state index in [1.54, 1.807) is 6.92 Å². The summed E-state index contributed by atoms with van der Waals surface area (Å²) in [7, 11) is 0. The lowest BCUT2D eigenvalue weighted by Crippen LogP contribution is -2.41. The number of carbonyl (C=O) groups excluding carboxylic acids is 2. The summed E-state index contributed by atoms with van der Waals surface area (Å²) in [4.78, 5) is 25.2. The number of nitrogens with one attached hydrogen (secondary N) is 1. The lowest BCUT2D eigenvalue weighted by molar-refractivity contribution is 0.0512. The quantitative estimate of drug-likeness (QED) is 0.837. The van der Waals surface area contributed by atoms with E-state index in [2.05, 4.69) is 12.2 Å². The van der Waals surface area contributed by atoms with E-state index in [0.29, 0.717) is 35.9 Å². The summed E-state index contributed by atoms with van der Waals surface area (Å²) in [5, 5.41) is 3.20. The average Bonchev–Trinajstić information content (AvgIpc) is 2.80. The number of esters is 1. The fourth-order valence-electron chi connectivity index (χ4n) is 3.86. The van der Waals surface area contributed by atoms with Crippen LogP contribution in [0.4, 0.5) is 0 Å². The Balaban J connectivity index is 2.32. The molecule has 5 nitrogen and oxygen atoms in total. The molecule has 1 aliphatic carbocycles. The molecule has 0 aromatic carbocycles. The SMILES string of the molecule is CCOC(=O)c1c(C)c(C(=O)N[C@@H]2CCCC[C@H]2C)c(C)n1CC. The third-order valence-corrected chi connectivity index (χ3v) is 5.21. The molecule has 2 rings (SSSR count). The minimum atomic E-state index is -0.356. The standard InChI is InChI=1S/C19H30N2O3/c1-6-21-14(5)16(13(4)17(21)19(23)24-7-2)18(22)20-15-11-9-8-10-12(15)3/h12,15H,6-11H2,1-5H3,(H,20,22)/t12-,15-/m1/s1. The van der Waals surface area contributed by atoms with Gasteiger partial charge in [-0.05, 0) is 52.0 Å². The molecule has 1 N–H and O–H groups in total. The van der Waals surface area contributed by atoms with Gasteiger partial charge in [-0.1, -0.05) is 19.8 Å². The van der Waals surface area contributed by atoms with Gasteiger partial charge in [-0.25, -0.2) is 4.79 Å². The summed E-state index contributed by atoms with van der Waals surface area (Å²) in [5.41, 5.74) is 2.67. The van der Waals surface area contributed by atoms with Gasteiger partial charge in [0.1, 0.15) is 5.69 Å². The van der Waals surface area contributed by atoms with Crippen LogP contribution in [0.25, 0.3) is 0 Å². The van der Waals surface area contributed by atoms with Gasteiger partial charge < -0.3 is 14.6 Å². The molecule has 1 fully saturated rings. The number of hydrogen-bond acceptors (Lipinski definition) is 3. The highest BCUT2D eigenvalue weighted by molar-refractivity contribution is 6.01. The molecule has 0 bridgehead atoms. The van der Waals surface area contributed by atoms with E-state index in [1.807, 2.05) is 25.3 Å². The van der Waals surface area contributed by atoms with Crippen LogP contribution in [0.5, 0.6) is 0 Å². The van der Waals surface area contributed by atoms with Crippen molar-refractivity contribution in [1.82, 2.24) is 9.88 Å². The van der Waals surface area contributed by atoms with Gasteiger partial charge >= 0.3 is 5.97 Å². The molecule has 1 heterocycles. The number of nitrogens with zero attached hydrogens (tertiary/aromatic N) is 1. The van der Waals surface area contributed by atoms with Gasteiger partial charge in [0.05, 0.1) is 12.2 Å². The second kappa shape index (κ2) is 7.86. The van der Waals surface area contributed by atoms with Gasteiger partial charge in [0, 0.05) is 18.3 Å². The van der Waals surface area contributed by atoms with Crippen molar-refractivity contribution in [1.29, 1.82) is 0 Å². The first-order chi connectivity index (χ1) is 11.4. The summed E-state index contributed by atoms with van der Waals surface area (Å²) in [6.07, 6.45) is 4.60. The van der Waals surface area contributed by atoms with Crippen LogP contribution in [0.1, 0.15) is 78.6 Å². The smallest absolute Gasteiger partial charge is 0.355 e. The zero-order valence-electron chi connectivity index (χ0n) is 15.6. The van der Waals surface area contributed by atoms with Crippen molar-refractivity contribution in [3.8, 4) is 0 Å². The Kier molecular flexibility index (Phi) is 6.08. The monoisotopic (exact) mass is 334 g/mol. The molecule has 1 saturated carbocycles. The Bertz CT molecular complexity index is 619. The van der Waals surface area contributed by atoms with E-state index < -0.39 is 0 Å². The summed E-state index contributed by atoms with van der Waals surface area (Å²) in [5.74, 6) is 0.0765. The van der Waals surface area contributed by atoms with E-state index >= 15 is 0 Å². The van der Waals surface area contributed by atoms with Crippen LogP contribution in [-0.2, 0) is 11.3 Å². The number of hydrogen-bond donors (Lipinski definition) is 1. The zero-order valence-corrected chi connectivity index (χ0v) is 15.6. The highest BCUT2D eigenvalue weighted by atomic mass is 16.5. The van der Waals surface area contributed by atoms with Crippen molar-refractivity contribution < 1.29 is 14.3 Å². The molecule has 0 radical (unpaired) electrons. The molecule has 0 saturated heterocycles. The Morgan fingerprint density at radius 3 is 2.46 bits per heavy atom. The normalized spacial score (nSPS) is 20.7. The van der Waals surface area contributed by atoms with Crippen molar-refractivity contribution in [2.45, 2.75) is 72.9 Å². The van der Waals surface area contributed by atoms with Crippen molar-refractivity contribution >= 4 is 11.9 Å². The molecule has 24 heavy (non-hydrogen) atoms. The molecule has 1 aliphatic rings. The maximum absolute atomic E-state index is 12.9. The van der Waals surface area contributed by atoms with Crippen LogP contribution in [0.3, 0.4) is 0 Å². The van der Waals surface area contributed by atoms with Crippen LogP contribution in [0.2, 0.25) is 0 Å². The predicted molar refractivity (Wildman–Crippen MR) is 94.4 cm³/mol. The third kappa shape index (κ3) is 3.50. The van der Waals surface area contributed by atoms with Crippen molar-refractivity contribution in [3.63, 3.8) is 0 Å². The summed E-state index contributed by atoms with van der Waals surface area (Å²) < 4.78 is 7.06. The minimum absolute atomic E-state index is 0.0681. The highest BCUT2D eigenvalue weighted by Gasteiger charge is 2.29. The van der Waals surface area contributed by atoms with Crippen LogP contribution in [0.15, 0.2) is 0 Å². The lowest BCUT2D eigenvalue weighted by atomic mass is 9.86. The van der Waals surface area contributed by atoms with Crippen LogP contribution >= 0.6 is 0 Å². The second-order valence-corrected chi connectivity index (χ2v) is 6.74. The Hall–Kier alpha value is -1.78. The van der Waals surface area contributed by atoms with Gasteiger partial charge in [0.15, 0.2) is 0 Å². The van der Waals surface area contributed by atoms with E-state index in [9.17, 15) is 9.59 Å². The number of ether oxygens (including phenoxy) is 1. The van der Waals surface area contributed by atoms with Crippen molar-refractivity contribution in [3.05, 3.63) is 22.5 Å². The van der Waals surface area contributed by atoms with Gasteiger partial charge in [-0.15, -0.1) is 0 Å². The Labute approximate surface area is 144 Å². The summed E-state index contributed by atoms with van der Waals surface area (Å²) >= 11 is 0. The number of aromatic nitrogens is 1. The Morgan fingerprint density at radius 2 is 1.88 bits per heavy atom. The fourth-order valence-corrected chi connectivity index (χ4v) is 3.86. The molecule has 1 aromatic rings. The zero-order chi connectivity index (χ0) is 17.9.